The van der Waals surface area contributed by atoms with E-state index in [1.807, 2.05) is 6.92 Å². The zero-order valence-electron chi connectivity index (χ0n) is 7.87. The molecule has 0 amide bonds. The van der Waals surface area contributed by atoms with Crippen LogP contribution in [0.3, 0.4) is 0 Å². The molecule has 0 N–H and O–H groups in total. The first-order valence-corrected chi connectivity index (χ1v) is 3.53. The maximum absolute atomic E-state index is 9.44. The van der Waals surface area contributed by atoms with Gasteiger partial charge in [0.15, 0.2) is 0 Å². The van der Waals surface area contributed by atoms with Gasteiger partial charge in [0.05, 0.1) is 0 Å². The van der Waals surface area contributed by atoms with Gasteiger partial charge in [0, 0.05) is 6.42 Å². The summed E-state index contributed by atoms with van der Waals surface area (Å²) in [5, 5.41) is 0. The van der Waals surface area contributed by atoms with Crippen LogP contribution in [-0.4, -0.2) is 18.4 Å². The molecular formula is C9H16O3. The fraction of sp³-hybridized carbons (Fsp3) is 0.444. The van der Waals surface area contributed by atoms with Gasteiger partial charge in [0.1, 0.15) is 18.4 Å². The lowest BCUT2D eigenvalue weighted by molar-refractivity contribution is -0.115. The Balaban J connectivity index is -0.000000101. The van der Waals surface area contributed by atoms with Gasteiger partial charge in [-0.05, 0) is 19.9 Å². The quantitative estimate of drug-likeness (QED) is 0.469. The van der Waals surface area contributed by atoms with Crippen LogP contribution in [0, 0.1) is 0 Å². The van der Waals surface area contributed by atoms with Crippen molar-refractivity contribution in [1.29, 1.82) is 0 Å². The molecule has 0 bridgehead atoms. The molecule has 12 heavy (non-hydrogen) atoms. The molecule has 0 saturated carbocycles. The van der Waals surface area contributed by atoms with Crippen LogP contribution in [0.25, 0.3) is 0 Å². The van der Waals surface area contributed by atoms with E-state index < -0.39 is 0 Å². The van der Waals surface area contributed by atoms with E-state index in [9.17, 15) is 9.59 Å². The predicted octanol–water partition coefficient (Wildman–Crippen LogP) is 1.56. The number of rotatable bonds is 2. The molecule has 3 heteroatoms. The molecule has 0 radical (unpaired) electrons. The zero-order chi connectivity index (χ0) is 10.4. The Bertz CT molecular complexity index is 118. The monoisotopic (exact) mass is 172 g/mol. The standard InChI is InChI=1S/2C3H6O.C3H4O/c1-3(2)4;2*1-2-3-4/h1-2H3;3H,2H2,1H3;2-3H,1H2. The van der Waals surface area contributed by atoms with Gasteiger partial charge in [-0.1, -0.05) is 13.5 Å². The van der Waals surface area contributed by atoms with E-state index in [1.165, 1.54) is 19.9 Å². The number of hydrogen-bond donors (Lipinski definition) is 0. The van der Waals surface area contributed by atoms with Gasteiger partial charge in [0.2, 0.25) is 0 Å². The van der Waals surface area contributed by atoms with Crippen molar-refractivity contribution in [2.45, 2.75) is 27.2 Å². The minimum Gasteiger partial charge on any atom is -0.303 e. The lowest BCUT2D eigenvalue weighted by Gasteiger charge is -1.56. The summed E-state index contributed by atoms with van der Waals surface area (Å²) in [6, 6.07) is 0. The molecule has 0 unspecified atom stereocenters. The van der Waals surface area contributed by atoms with E-state index in [0.717, 1.165) is 6.29 Å². The molecule has 3 nitrogen and oxygen atoms in total. The van der Waals surface area contributed by atoms with Gasteiger partial charge in [-0.3, -0.25) is 4.79 Å². The fourth-order valence-electron chi connectivity index (χ4n) is 0. The van der Waals surface area contributed by atoms with Crippen molar-refractivity contribution in [1.82, 2.24) is 0 Å². The van der Waals surface area contributed by atoms with E-state index in [4.69, 9.17) is 4.79 Å². The number of allylic oxidation sites excluding steroid dienone is 1. The molecule has 0 aliphatic heterocycles. The molecule has 0 spiro atoms. The Kier molecular flexibility index (Phi) is 32.0. The molecular weight excluding hydrogens is 156 g/mol. The Labute approximate surface area is 73.5 Å². The Hall–Kier alpha value is -1.25. The molecule has 0 fully saturated rings. The van der Waals surface area contributed by atoms with Crippen LogP contribution in [0.4, 0.5) is 0 Å². The van der Waals surface area contributed by atoms with Crippen LogP contribution in [0.2, 0.25) is 0 Å². The first kappa shape index (κ1) is 17.0. The summed E-state index contributed by atoms with van der Waals surface area (Å²) in [5.74, 6) is 0.167. The summed E-state index contributed by atoms with van der Waals surface area (Å²) in [6.45, 7) is 7.98. The number of carbonyl (C=O) groups is 3. The smallest absolute Gasteiger partial charge is 0.142 e. The molecule has 0 heterocycles. The maximum atomic E-state index is 9.44. The highest BCUT2D eigenvalue weighted by Crippen LogP contribution is 1.53. The van der Waals surface area contributed by atoms with Crippen LogP contribution in [-0.2, 0) is 14.4 Å². The normalized spacial score (nSPS) is 5.92. The van der Waals surface area contributed by atoms with Crippen LogP contribution in [0.5, 0.6) is 0 Å². The van der Waals surface area contributed by atoms with Crippen molar-refractivity contribution < 1.29 is 14.4 Å². The van der Waals surface area contributed by atoms with E-state index in [0.29, 0.717) is 12.7 Å². The fourth-order valence-corrected chi connectivity index (χ4v) is 0. The predicted molar refractivity (Wildman–Crippen MR) is 49.0 cm³/mol. The largest absolute Gasteiger partial charge is 0.303 e. The minimum atomic E-state index is 0.167. The van der Waals surface area contributed by atoms with Gasteiger partial charge in [-0.25, -0.2) is 0 Å². The van der Waals surface area contributed by atoms with E-state index >= 15 is 0 Å². The number of ketones is 1. The highest BCUT2D eigenvalue weighted by molar-refractivity contribution is 5.72. The summed E-state index contributed by atoms with van der Waals surface area (Å²) in [6.07, 6.45) is 3.35. The van der Waals surface area contributed by atoms with Crippen LogP contribution >= 0.6 is 0 Å². The van der Waals surface area contributed by atoms with Crippen molar-refractivity contribution in [2.75, 3.05) is 0 Å². The molecule has 0 aromatic rings. The van der Waals surface area contributed by atoms with Crippen molar-refractivity contribution in [3.05, 3.63) is 12.7 Å². The minimum absolute atomic E-state index is 0.167. The second-order valence-electron chi connectivity index (χ2n) is 1.85. The Morgan fingerprint density at radius 2 is 1.50 bits per heavy atom. The van der Waals surface area contributed by atoms with Gasteiger partial charge >= 0.3 is 0 Å². The molecule has 0 rings (SSSR count). The molecule has 0 aliphatic carbocycles. The summed E-state index contributed by atoms with van der Waals surface area (Å²) in [7, 11) is 0. The summed E-state index contributed by atoms with van der Waals surface area (Å²) >= 11 is 0. The summed E-state index contributed by atoms with van der Waals surface area (Å²) in [5.41, 5.74) is 0. The lowest BCUT2D eigenvalue weighted by Crippen LogP contribution is -1.69. The average Bonchev–Trinajstić information content (AvgIpc) is 2.03. The van der Waals surface area contributed by atoms with E-state index in [-0.39, 0.29) is 5.78 Å². The Morgan fingerprint density at radius 3 is 1.50 bits per heavy atom. The van der Waals surface area contributed by atoms with Crippen molar-refractivity contribution in [2.24, 2.45) is 0 Å². The second-order valence-corrected chi connectivity index (χ2v) is 1.85. The van der Waals surface area contributed by atoms with Crippen LogP contribution < -0.4 is 0 Å². The Morgan fingerprint density at radius 1 is 1.33 bits per heavy atom. The van der Waals surface area contributed by atoms with Crippen molar-refractivity contribution in [3.8, 4) is 0 Å². The highest BCUT2D eigenvalue weighted by atomic mass is 16.1. The number of aldehydes is 2. The summed E-state index contributed by atoms with van der Waals surface area (Å²) in [4.78, 5) is 27.7. The maximum Gasteiger partial charge on any atom is 0.142 e. The van der Waals surface area contributed by atoms with Crippen molar-refractivity contribution >= 4 is 18.4 Å². The average molecular weight is 172 g/mol. The zero-order valence-corrected chi connectivity index (χ0v) is 7.87. The molecule has 70 valence electrons. The SMILES string of the molecule is C=CC=O.CC(C)=O.CCC=O. The highest BCUT2D eigenvalue weighted by Gasteiger charge is 1.62. The third-order valence-corrected chi connectivity index (χ3v) is 0.263. The third kappa shape index (κ3) is 934. The van der Waals surface area contributed by atoms with E-state index in [1.54, 1.807) is 0 Å². The van der Waals surface area contributed by atoms with E-state index in [2.05, 4.69) is 6.58 Å². The van der Waals surface area contributed by atoms with Gasteiger partial charge in [-0.2, -0.15) is 0 Å². The number of carbonyl (C=O) groups excluding carboxylic acids is 3. The topological polar surface area (TPSA) is 51.2 Å². The summed E-state index contributed by atoms with van der Waals surface area (Å²) < 4.78 is 0. The van der Waals surface area contributed by atoms with Gasteiger partial charge in [-0.15, -0.1) is 0 Å². The third-order valence-electron chi connectivity index (χ3n) is 0.263. The first-order valence-electron chi connectivity index (χ1n) is 3.53. The number of hydrogen-bond acceptors (Lipinski definition) is 3. The molecule has 0 aromatic heterocycles. The van der Waals surface area contributed by atoms with Crippen LogP contribution in [0.15, 0.2) is 12.7 Å². The molecule has 0 aromatic carbocycles. The molecule has 0 aliphatic rings. The second kappa shape index (κ2) is 22.6. The van der Waals surface area contributed by atoms with Gasteiger partial charge < -0.3 is 9.59 Å². The molecule has 0 saturated heterocycles. The number of Topliss-reactive ketones (excluding diaryl/α,β-unsaturated/α-hetero) is 1. The molecule has 0 atom stereocenters. The van der Waals surface area contributed by atoms with Crippen molar-refractivity contribution in [3.63, 3.8) is 0 Å². The first-order chi connectivity index (χ1) is 5.56. The van der Waals surface area contributed by atoms with Gasteiger partial charge in [0.25, 0.3) is 0 Å². The lowest BCUT2D eigenvalue weighted by atomic mass is 10.6. The van der Waals surface area contributed by atoms with Crippen LogP contribution in [0.1, 0.15) is 27.2 Å².